The Balaban J connectivity index is 0.000000237. The lowest BCUT2D eigenvalue weighted by Crippen LogP contribution is -2.30. The summed E-state index contributed by atoms with van der Waals surface area (Å²) >= 11 is 0. The summed E-state index contributed by atoms with van der Waals surface area (Å²) in [6.07, 6.45) is 3.16. The molecule has 8 nitrogen and oxygen atoms in total. The van der Waals surface area contributed by atoms with Gasteiger partial charge in [0.25, 0.3) is 0 Å². The Kier molecular flexibility index (Phi) is 6.87. The molecule has 0 bridgehead atoms. The minimum absolute atomic E-state index is 0.00653. The van der Waals surface area contributed by atoms with Crippen LogP contribution in [-0.4, -0.2) is 58.3 Å². The van der Waals surface area contributed by atoms with Crippen molar-refractivity contribution in [2.45, 2.75) is 18.9 Å². The van der Waals surface area contributed by atoms with Gasteiger partial charge in [-0.05, 0) is 42.3 Å². The molecule has 9 heteroatoms. The van der Waals surface area contributed by atoms with Gasteiger partial charge in [0.2, 0.25) is 11.8 Å². The number of fused-ring (bicyclic) bond motifs is 2. The first-order chi connectivity index (χ1) is 18.0. The minimum Gasteiger partial charge on any atom is -0.493 e. The number of likely N-dealkylation sites (tertiary alicyclic amines) is 1. The summed E-state index contributed by atoms with van der Waals surface area (Å²) in [5, 5.41) is 4.50. The molecule has 4 heterocycles. The molecule has 37 heavy (non-hydrogen) atoms. The summed E-state index contributed by atoms with van der Waals surface area (Å²) in [5.74, 6) is 1.02. The van der Waals surface area contributed by atoms with E-state index in [9.17, 15) is 9.18 Å². The van der Waals surface area contributed by atoms with E-state index >= 15 is 0 Å². The van der Waals surface area contributed by atoms with Crippen molar-refractivity contribution in [2.24, 2.45) is 5.73 Å². The van der Waals surface area contributed by atoms with Gasteiger partial charge in [0.15, 0.2) is 5.65 Å². The Morgan fingerprint density at radius 2 is 2.08 bits per heavy atom. The van der Waals surface area contributed by atoms with Gasteiger partial charge in [-0.15, -0.1) is 5.10 Å². The molecule has 2 aromatic heterocycles. The van der Waals surface area contributed by atoms with Crippen LogP contribution in [0.15, 0.2) is 67.3 Å². The predicted molar refractivity (Wildman–Crippen MR) is 139 cm³/mol. The number of rotatable bonds is 4. The average Bonchev–Trinajstić information content (AvgIpc) is 3.65. The SMILES string of the molecule is C=CC(=O)N1CCC(N)C1.COc1ccc2nc(-c3ccc4c(c3)OCC4)c(-c3cccc(F)c3)n2n1. The number of aromatic nitrogens is 3. The molecule has 0 spiro atoms. The van der Waals surface area contributed by atoms with Crippen LogP contribution >= 0.6 is 0 Å². The van der Waals surface area contributed by atoms with Gasteiger partial charge in [0.05, 0.1) is 19.4 Å². The Morgan fingerprint density at radius 1 is 1.22 bits per heavy atom. The van der Waals surface area contributed by atoms with Crippen molar-refractivity contribution >= 4 is 11.6 Å². The van der Waals surface area contributed by atoms with E-state index in [-0.39, 0.29) is 17.8 Å². The van der Waals surface area contributed by atoms with E-state index in [4.69, 9.17) is 20.2 Å². The number of methoxy groups -OCH3 is 1. The molecule has 2 aromatic carbocycles. The fourth-order valence-corrected chi connectivity index (χ4v) is 4.55. The van der Waals surface area contributed by atoms with Crippen LogP contribution in [0.25, 0.3) is 28.2 Å². The Hall–Kier alpha value is -4.24. The number of hydrogen-bond acceptors (Lipinski definition) is 6. The third-order valence-electron chi connectivity index (χ3n) is 6.44. The summed E-state index contributed by atoms with van der Waals surface area (Å²) in [4.78, 5) is 17.4. The normalized spacial score (nSPS) is 16.1. The van der Waals surface area contributed by atoms with Gasteiger partial charge < -0.3 is 20.1 Å². The van der Waals surface area contributed by atoms with Gasteiger partial charge in [-0.2, -0.15) is 0 Å². The van der Waals surface area contributed by atoms with Crippen LogP contribution in [0.2, 0.25) is 0 Å². The summed E-state index contributed by atoms with van der Waals surface area (Å²) in [6.45, 7) is 5.56. The zero-order valence-corrected chi connectivity index (χ0v) is 20.6. The second-order valence-electron chi connectivity index (χ2n) is 8.92. The second kappa shape index (κ2) is 10.4. The van der Waals surface area contributed by atoms with E-state index in [2.05, 4.69) is 17.7 Å². The molecule has 4 aromatic rings. The van der Waals surface area contributed by atoms with Gasteiger partial charge in [0.1, 0.15) is 17.3 Å². The molecule has 0 aliphatic carbocycles. The van der Waals surface area contributed by atoms with Crippen LogP contribution < -0.4 is 15.2 Å². The largest absolute Gasteiger partial charge is 0.493 e. The van der Waals surface area contributed by atoms with Crippen molar-refractivity contribution in [1.82, 2.24) is 19.5 Å². The number of amides is 1. The smallest absolute Gasteiger partial charge is 0.246 e. The third-order valence-corrected chi connectivity index (χ3v) is 6.44. The van der Waals surface area contributed by atoms with Gasteiger partial charge in [-0.3, -0.25) is 4.79 Å². The number of hydrogen-bond donors (Lipinski definition) is 1. The second-order valence-corrected chi connectivity index (χ2v) is 8.92. The molecule has 0 saturated carbocycles. The third kappa shape index (κ3) is 5.03. The summed E-state index contributed by atoms with van der Waals surface area (Å²) < 4.78 is 26.6. The molecule has 1 unspecified atom stereocenters. The first kappa shape index (κ1) is 24.5. The lowest BCUT2D eigenvalue weighted by Gasteiger charge is -2.11. The molecule has 1 fully saturated rings. The van der Waals surface area contributed by atoms with Gasteiger partial charge >= 0.3 is 0 Å². The molecule has 2 aliphatic rings. The number of benzene rings is 2. The van der Waals surface area contributed by atoms with E-state index in [1.54, 1.807) is 28.7 Å². The summed E-state index contributed by atoms with van der Waals surface area (Å²) in [6, 6.07) is 16.3. The van der Waals surface area contributed by atoms with Crippen LogP contribution in [0.3, 0.4) is 0 Å². The van der Waals surface area contributed by atoms with Crippen LogP contribution in [-0.2, 0) is 11.2 Å². The number of nitrogens with zero attached hydrogens (tertiary/aromatic N) is 4. The zero-order chi connectivity index (χ0) is 25.9. The van der Waals surface area contributed by atoms with Crippen molar-refractivity contribution in [3.63, 3.8) is 0 Å². The van der Waals surface area contributed by atoms with E-state index < -0.39 is 0 Å². The number of carbonyl (C=O) groups excluding carboxylic acids is 1. The lowest BCUT2D eigenvalue weighted by atomic mass is 10.0. The maximum atomic E-state index is 13.9. The van der Waals surface area contributed by atoms with E-state index in [0.29, 0.717) is 35.9 Å². The molecule has 2 N–H and O–H groups in total. The highest BCUT2D eigenvalue weighted by atomic mass is 19.1. The molecular formula is C28H28FN5O3. The monoisotopic (exact) mass is 501 g/mol. The van der Waals surface area contributed by atoms with Gasteiger partial charge in [-0.1, -0.05) is 30.8 Å². The van der Waals surface area contributed by atoms with E-state index in [1.807, 2.05) is 24.3 Å². The van der Waals surface area contributed by atoms with Crippen molar-refractivity contribution < 1.29 is 18.7 Å². The van der Waals surface area contributed by atoms with Gasteiger partial charge in [-0.25, -0.2) is 13.9 Å². The Labute approximate surface area is 214 Å². The Morgan fingerprint density at radius 3 is 2.81 bits per heavy atom. The maximum absolute atomic E-state index is 13.9. The molecule has 1 saturated heterocycles. The molecular weight excluding hydrogens is 473 g/mol. The van der Waals surface area contributed by atoms with E-state index in [1.165, 1.54) is 23.8 Å². The topological polar surface area (TPSA) is 95.0 Å². The molecule has 1 amide bonds. The summed E-state index contributed by atoms with van der Waals surface area (Å²) in [5.41, 5.74) is 10.5. The number of halogens is 1. The van der Waals surface area contributed by atoms with Gasteiger partial charge in [0, 0.05) is 42.7 Å². The highest BCUT2D eigenvalue weighted by Gasteiger charge is 2.22. The minimum atomic E-state index is -0.311. The first-order valence-corrected chi connectivity index (χ1v) is 12.1. The quantitative estimate of drug-likeness (QED) is 0.427. The standard InChI is InChI=1S/C21H16FN3O2.C7H12N2O/c1-26-19-8-7-18-23-20(14-6-5-13-9-10-27-17(13)12-14)21(25(18)24-19)15-3-2-4-16(22)11-15;1-2-7(10)9-4-3-6(8)5-9/h2-8,11-12H,9-10H2,1H3;2,6H,1,3-5,8H2. The first-order valence-electron chi connectivity index (χ1n) is 12.1. The van der Waals surface area contributed by atoms with Crippen molar-refractivity contribution in [2.75, 3.05) is 26.8 Å². The fourth-order valence-electron chi connectivity index (χ4n) is 4.55. The molecule has 190 valence electrons. The van der Waals surface area contributed by atoms with Crippen LogP contribution in [0.1, 0.15) is 12.0 Å². The summed E-state index contributed by atoms with van der Waals surface area (Å²) in [7, 11) is 1.56. The number of nitrogens with two attached hydrogens (primary N) is 1. The molecule has 1 atom stereocenters. The van der Waals surface area contributed by atoms with Crippen molar-refractivity contribution in [3.05, 3.63) is 78.6 Å². The molecule has 6 rings (SSSR count). The number of ether oxygens (including phenoxy) is 2. The Bertz CT molecular complexity index is 1470. The number of imidazole rings is 1. The highest BCUT2D eigenvalue weighted by molar-refractivity contribution is 5.87. The van der Waals surface area contributed by atoms with E-state index in [0.717, 1.165) is 36.4 Å². The predicted octanol–water partition coefficient (Wildman–Crippen LogP) is 3.88. The highest BCUT2D eigenvalue weighted by Crippen LogP contribution is 2.36. The van der Waals surface area contributed by atoms with Crippen LogP contribution in [0.5, 0.6) is 11.6 Å². The fraction of sp³-hybridized carbons (Fsp3) is 0.250. The van der Waals surface area contributed by atoms with Crippen LogP contribution in [0.4, 0.5) is 4.39 Å². The van der Waals surface area contributed by atoms with Crippen molar-refractivity contribution in [3.8, 4) is 34.1 Å². The molecule has 2 aliphatic heterocycles. The number of carbonyl (C=O) groups is 1. The maximum Gasteiger partial charge on any atom is 0.246 e. The molecule has 0 radical (unpaired) electrons. The zero-order valence-electron chi connectivity index (χ0n) is 20.6. The van der Waals surface area contributed by atoms with Crippen LogP contribution in [0, 0.1) is 5.82 Å². The lowest BCUT2D eigenvalue weighted by molar-refractivity contribution is -0.125. The van der Waals surface area contributed by atoms with Crippen molar-refractivity contribution in [1.29, 1.82) is 0 Å². The average molecular weight is 502 g/mol.